The fraction of sp³-hybridized carbons (Fsp3) is 0.636. The van der Waals surface area contributed by atoms with E-state index in [0.29, 0.717) is 12.6 Å². The van der Waals surface area contributed by atoms with Crippen LogP contribution in [0.4, 0.5) is 0 Å². The van der Waals surface area contributed by atoms with Gasteiger partial charge in [0.05, 0.1) is 10.9 Å². The van der Waals surface area contributed by atoms with E-state index >= 15 is 0 Å². The maximum Gasteiger partial charge on any atom is 0.101 e. The van der Waals surface area contributed by atoms with Crippen LogP contribution >= 0.6 is 22.9 Å². The summed E-state index contributed by atoms with van der Waals surface area (Å²) < 4.78 is 6.08. The highest BCUT2D eigenvalue weighted by Crippen LogP contribution is 2.26. The van der Waals surface area contributed by atoms with E-state index in [1.165, 1.54) is 11.3 Å². The fourth-order valence-corrected chi connectivity index (χ4v) is 2.83. The van der Waals surface area contributed by atoms with Gasteiger partial charge in [-0.15, -0.1) is 11.3 Å². The Kier molecular flexibility index (Phi) is 4.61. The maximum absolute atomic E-state index is 9.91. The molecular weight excluding hydrogens is 246 g/mol. The van der Waals surface area contributed by atoms with Gasteiger partial charge < -0.3 is 15.2 Å². The third-order valence-corrected chi connectivity index (χ3v) is 4.01. The number of thiophene rings is 1. The molecule has 90 valence electrons. The van der Waals surface area contributed by atoms with Crippen LogP contribution in [-0.2, 0) is 4.74 Å². The summed E-state index contributed by atoms with van der Waals surface area (Å²) in [6.45, 7) is 2.17. The first-order valence-electron chi connectivity index (χ1n) is 5.50. The SMILES string of the molecule is OC(CNC1CCCOC1)c1ccc(Cl)s1. The van der Waals surface area contributed by atoms with E-state index in [9.17, 15) is 5.11 Å². The Balaban J connectivity index is 1.76. The third kappa shape index (κ3) is 3.43. The lowest BCUT2D eigenvalue weighted by molar-refractivity contribution is 0.0641. The average molecular weight is 262 g/mol. The topological polar surface area (TPSA) is 41.5 Å². The van der Waals surface area contributed by atoms with Crippen molar-refractivity contribution in [3.8, 4) is 0 Å². The molecular formula is C11H16ClNO2S. The minimum Gasteiger partial charge on any atom is -0.386 e. The van der Waals surface area contributed by atoms with E-state index in [4.69, 9.17) is 16.3 Å². The molecule has 0 saturated carbocycles. The molecule has 1 aromatic heterocycles. The van der Waals surface area contributed by atoms with Crippen LogP contribution in [-0.4, -0.2) is 30.9 Å². The van der Waals surface area contributed by atoms with E-state index in [1.807, 2.05) is 12.1 Å². The molecule has 0 bridgehead atoms. The molecule has 0 spiro atoms. The van der Waals surface area contributed by atoms with E-state index in [2.05, 4.69) is 5.32 Å². The molecule has 1 aliphatic rings. The summed E-state index contributed by atoms with van der Waals surface area (Å²) in [5.41, 5.74) is 0. The molecule has 0 amide bonds. The Morgan fingerprint density at radius 1 is 1.62 bits per heavy atom. The maximum atomic E-state index is 9.91. The zero-order chi connectivity index (χ0) is 11.4. The fourth-order valence-electron chi connectivity index (χ4n) is 1.79. The second-order valence-electron chi connectivity index (χ2n) is 3.98. The number of hydrogen-bond acceptors (Lipinski definition) is 4. The number of rotatable bonds is 4. The Labute approximate surface area is 104 Å². The predicted molar refractivity (Wildman–Crippen MR) is 66.1 cm³/mol. The largest absolute Gasteiger partial charge is 0.386 e. The number of aliphatic hydroxyl groups excluding tert-OH is 1. The molecule has 0 aliphatic carbocycles. The van der Waals surface area contributed by atoms with Crippen LogP contribution < -0.4 is 5.32 Å². The quantitative estimate of drug-likeness (QED) is 0.873. The summed E-state index contributed by atoms with van der Waals surface area (Å²) in [5, 5.41) is 13.2. The lowest BCUT2D eigenvalue weighted by Gasteiger charge is -2.24. The van der Waals surface area contributed by atoms with Crippen LogP contribution in [0.1, 0.15) is 23.8 Å². The molecule has 0 aromatic carbocycles. The van der Waals surface area contributed by atoms with Crippen LogP contribution in [0.15, 0.2) is 12.1 Å². The van der Waals surface area contributed by atoms with E-state index in [1.54, 1.807) is 0 Å². The second kappa shape index (κ2) is 5.98. The number of hydrogen-bond donors (Lipinski definition) is 2. The molecule has 16 heavy (non-hydrogen) atoms. The second-order valence-corrected chi connectivity index (χ2v) is 5.73. The Bertz CT molecular complexity index is 326. The van der Waals surface area contributed by atoms with Gasteiger partial charge in [-0.1, -0.05) is 11.6 Å². The summed E-state index contributed by atoms with van der Waals surface area (Å²) in [7, 11) is 0. The molecule has 1 fully saturated rings. The smallest absolute Gasteiger partial charge is 0.101 e. The highest BCUT2D eigenvalue weighted by molar-refractivity contribution is 7.16. The van der Waals surface area contributed by atoms with E-state index in [-0.39, 0.29) is 0 Å². The van der Waals surface area contributed by atoms with Gasteiger partial charge in [0, 0.05) is 24.1 Å². The van der Waals surface area contributed by atoms with E-state index in [0.717, 1.165) is 35.3 Å². The van der Waals surface area contributed by atoms with Gasteiger partial charge in [0.25, 0.3) is 0 Å². The summed E-state index contributed by atoms with van der Waals surface area (Å²) in [6.07, 6.45) is 1.75. The van der Waals surface area contributed by atoms with Gasteiger partial charge in [0.2, 0.25) is 0 Å². The average Bonchev–Trinajstić information content (AvgIpc) is 2.74. The molecule has 3 nitrogen and oxygen atoms in total. The van der Waals surface area contributed by atoms with Crippen molar-refractivity contribution < 1.29 is 9.84 Å². The van der Waals surface area contributed by atoms with Crippen molar-refractivity contribution >= 4 is 22.9 Å². The first-order valence-corrected chi connectivity index (χ1v) is 6.69. The molecule has 1 aromatic rings. The molecule has 1 saturated heterocycles. The van der Waals surface area contributed by atoms with Gasteiger partial charge >= 0.3 is 0 Å². The molecule has 2 rings (SSSR count). The van der Waals surface area contributed by atoms with Gasteiger partial charge in [0.15, 0.2) is 0 Å². The zero-order valence-corrected chi connectivity index (χ0v) is 10.6. The lowest BCUT2D eigenvalue weighted by atomic mass is 10.1. The molecule has 2 atom stereocenters. The first kappa shape index (κ1) is 12.3. The standard InChI is InChI=1S/C11H16ClNO2S/c12-11-4-3-10(16-11)9(14)6-13-8-2-1-5-15-7-8/h3-4,8-9,13-14H,1-2,5-7H2. The van der Waals surface area contributed by atoms with Crippen LogP contribution in [0.2, 0.25) is 4.34 Å². The van der Waals surface area contributed by atoms with Crippen molar-refractivity contribution in [3.63, 3.8) is 0 Å². The summed E-state index contributed by atoms with van der Waals surface area (Å²) in [4.78, 5) is 0.911. The van der Waals surface area contributed by atoms with Gasteiger partial charge in [0.1, 0.15) is 6.10 Å². The summed E-state index contributed by atoms with van der Waals surface area (Å²) in [6, 6.07) is 4.06. The Morgan fingerprint density at radius 2 is 2.50 bits per heavy atom. The minimum atomic E-state index is -0.473. The number of halogens is 1. The normalized spacial score (nSPS) is 23.2. The predicted octanol–water partition coefficient (Wildman–Crippen LogP) is 2.20. The molecule has 1 aliphatic heterocycles. The minimum absolute atomic E-state index is 0.374. The molecule has 2 heterocycles. The van der Waals surface area contributed by atoms with Crippen LogP contribution in [0.5, 0.6) is 0 Å². The molecule has 2 N–H and O–H groups in total. The highest BCUT2D eigenvalue weighted by atomic mass is 35.5. The van der Waals surface area contributed by atoms with Gasteiger partial charge in [-0.05, 0) is 25.0 Å². The number of aliphatic hydroxyl groups is 1. The molecule has 2 unspecified atom stereocenters. The van der Waals surface area contributed by atoms with Gasteiger partial charge in [-0.2, -0.15) is 0 Å². The van der Waals surface area contributed by atoms with Crippen molar-refractivity contribution in [2.75, 3.05) is 19.8 Å². The van der Waals surface area contributed by atoms with Gasteiger partial charge in [-0.3, -0.25) is 0 Å². The van der Waals surface area contributed by atoms with Gasteiger partial charge in [-0.25, -0.2) is 0 Å². The number of nitrogens with one attached hydrogen (secondary N) is 1. The molecule has 5 heteroatoms. The Hall–Kier alpha value is -0.130. The van der Waals surface area contributed by atoms with E-state index < -0.39 is 6.10 Å². The van der Waals surface area contributed by atoms with Crippen LogP contribution in [0.3, 0.4) is 0 Å². The lowest BCUT2D eigenvalue weighted by Crippen LogP contribution is -2.38. The monoisotopic (exact) mass is 261 g/mol. The first-order chi connectivity index (χ1) is 7.75. The van der Waals surface area contributed by atoms with Crippen molar-refractivity contribution in [3.05, 3.63) is 21.3 Å². The zero-order valence-electron chi connectivity index (χ0n) is 8.99. The van der Waals surface area contributed by atoms with Crippen molar-refractivity contribution in [1.82, 2.24) is 5.32 Å². The third-order valence-electron chi connectivity index (χ3n) is 2.68. The van der Waals surface area contributed by atoms with Crippen molar-refractivity contribution in [2.24, 2.45) is 0 Å². The molecule has 0 radical (unpaired) electrons. The summed E-state index contributed by atoms with van der Waals surface area (Å²) in [5.74, 6) is 0. The number of ether oxygens (including phenoxy) is 1. The van der Waals surface area contributed by atoms with Crippen molar-refractivity contribution in [1.29, 1.82) is 0 Å². The Morgan fingerprint density at radius 3 is 3.12 bits per heavy atom. The highest BCUT2D eigenvalue weighted by Gasteiger charge is 2.16. The van der Waals surface area contributed by atoms with Crippen LogP contribution in [0, 0.1) is 0 Å². The van der Waals surface area contributed by atoms with Crippen molar-refractivity contribution in [2.45, 2.75) is 25.0 Å². The summed E-state index contributed by atoms with van der Waals surface area (Å²) >= 11 is 7.25. The van der Waals surface area contributed by atoms with Crippen LogP contribution in [0.25, 0.3) is 0 Å².